The molecule has 0 bridgehead atoms. The highest BCUT2D eigenvalue weighted by molar-refractivity contribution is 7.92. The Morgan fingerprint density at radius 1 is 0.952 bits per heavy atom. The number of ether oxygens (including phenoxy) is 1. The maximum atomic E-state index is 14.2. The number of rotatable bonds is 13. The summed E-state index contributed by atoms with van der Waals surface area (Å²) in [5, 5.41) is 3.53. The van der Waals surface area contributed by atoms with Gasteiger partial charge in [0, 0.05) is 12.6 Å². The maximum Gasteiger partial charge on any atom is 0.264 e. The summed E-state index contributed by atoms with van der Waals surface area (Å²) in [6, 6.07) is 17.0. The van der Waals surface area contributed by atoms with E-state index in [1.807, 2.05) is 20.8 Å². The molecule has 1 atom stereocenters. The van der Waals surface area contributed by atoms with Crippen LogP contribution in [-0.2, 0) is 26.2 Å². The van der Waals surface area contributed by atoms with Gasteiger partial charge in [0.15, 0.2) is 0 Å². The van der Waals surface area contributed by atoms with Crippen LogP contribution < -0.4 is 14.4 Å². The van der Waals surface area contributed by atoms with Crippen molar-refractivity contribution in [1.29, 1.82) is 0 Å². The Morgan fingerprint density at radius 2 is 1.62 bits per heavy atom. The lowest BCUT2D eigenvalue weighted by molar-refractivity contribution is -0.140. The highest BCUT2D eigenvalue weighted by Gasteiger charge is 2.35. The molecule has 8 nitrogen and oxygen atoms in total. The Bertz CT molecular complexity index is 1500. The molecule has 1 N–H and O–H groups in total. The number of hydrogen-bond acceptors (Lipinski definition) is 5. The van der Waals surface area contributed by atoms with Crippen LogP contribution in [0.5, 0.6) is 5.75 Å². The smallest absolute Gasteiger partial charge is 0.264 e. The van der Waals surface area contributed by atoms with Crippen molar-refractivity contribution in [2.75, 3.05) is 17.5 Å². The Kier molecular flexibility index (Phi) is 11.7. The highest BCUT2D eigenvalue weighted by Crippen LogP contribution is 2.33. The number of halogens is 2. The van der Waals surface area contributed by atoms with Crippen molar-refractivity contribution in [2.24, 2.45) is 0 Å². The van der Waals surface area contributed by atoms with Crippen LogP contribution in [0.15, 0.2) is 71.6 Å². The van der Waals surface area contributed by atoms with Crippen LogP contribution in [0.3, 0.4) is 0 Å². The maximum absolute atomic E-state index is 14.2. The van der Waals surface area contributed by atoms with Gasteiger partial charge in [-0.3, -0.25) is 13.9 Å². The van der Waals surface area contributed by atoms with Gasteiger partial charge in [-0.2, -0.15) is 0 Å². The minimum atomic E-state index is -4.23. The third-order valence-corrected chi connectivity index (χ3v) is 8.99. The molecule has 0 heterocycles. The zero-order chi connectivity index (χ0) is 31.0. The summed E-state index contributed by atoms with van der Waals surface area (Å²) in [7, 11) is -4.23. The van der Waals surface area contributed by atoms with Gasteiger partial charge in [0.2, 0.25) is 11.8 Å². The Balaban J connectivity index is 2.13. The Labute approximate surface area is 258 Å². The van der Waals surface area contributed by atoms with E-state index in [1.54, 1.807) is 68.4 Å². The molecule has 0 saturated carbocycles. The molecule has 0 saturated heterocycles. The SMILES string of the molecule is CCOc1ccccc1N(CC(=O)N(Cc1ccc(Cl)c(Cl)c1)[C@H](CC)C(=O)NC(C)C)S(=O)(=O)c1ccc(C)cc1. The van der Waals surface area contributed by atoms with Crippen molar-refractivity contribution in [1.82, 2.24) is 10.2 Å². The molecule has 0 radical (unpaired) electrons. The van der Waals surface area contributed by atoms with Gasteiger partial charge in [0.25, 0.3) is 10.0 Å². The molecule has 3 rings (SSSR count). The first-order valence-electron chi connectivity index (χ1n) is 13.7. The summed E-state index contributed by atoms with van der Waals surface area (Å²) >= 11 is 12.4. The largest absolute Gasteiger partial charge is 0.492 e. The lowest BCUT2D eigenvalue weighted by Crippen LogP contribution is -2.53. The van der Waals surface area contributed by atoms with Crippen LogP contribution >= 0.6 is 23.2 Å². The van der Waals surface area contributed by atoms with E-state index in [2.05, 4.69) is 5.32 Å². The van der Waals surface area contributed by atoms with Gasteiger partial charge in [-0.15, -0.1) is 0 Å². The molecule has 3 aromatic carbocycles. The van der Waals surface area contributed by atoms with E-state index in [0.29, 0.717) is 34.4 Å². The van der Waals surface area contributed by atoms with Crippen molar-refractivity contribution < 1.29 is 22.7 Å². The zero-order valence-corrected chi connectivity index (χ0v) is 26.8. The molecule has 0 unspecified atom stereocenters. The number of nitrogens with zero attached hydrogens (tertiary/aromatic N) is 2. The predicted molar refractivity (Wildman–Crippen MR) is 168 cm³/mol. The molecule has 0 aromatic heterocycles. The second-order valence-electron chi connectivity index (χ2n) is 10.1. The molecule has 42 heavy (non-hydrogen) atoms. The van der Waals surface area contributed by atoms with Crippen molar-refractivity contribution >= 4 is 50.7 Å². The van der Waals surface area contributed by atoms with Crippen LogP contribution in [0.25, 0.3) is 0 Å². The number of amides is 2. The summed E-state index contributed by atoms with van der Waals surface area (Å²) in [5.74, 6) is -0.610. The van der Waals surface area contributed by atoms with Crippen LogP contribution in [0, 0.1) is 6.92 Å². The standard InChI is InChI=1S/C31H37Cl2N3O5S/c1-6-27(31(38)34-21(3)4)35(19-23-14-17-25(32)26(33)18-23)30(37)20-36(28-10-8-9-11-29(28)41-7-2)42(39,40)24-15-12-22(5)13-16-24/h8-18,21,27H,6-7,19-20H2,1-5H3,(H,34,38)/t27-/m1/s1. The van der Waals surface area contributed by atoms with E-state index >= 15 is 0 Å². The normalized spacial score (nSPS) is 12.1. The second-order valence-corrected chi connectivity index (χ2v) is 12.8. The lowest BCUT2D eigenvalue weighted by Gasteiger charge is -2.34. The summed E-state index contributed by atoms with van der Waals surface area (Å²) in [5.41, 5.74) is 1.74. The number of hydrogen-bond donors (Lipinski definition) is 1. The van der Waals surface area contributed by atoms with Crippen LogP contribution in [0.1, 0.15) is 45.2 Å². The molecular formula is C31H37Cl2N3O5S. The summed E-state index contributed by atoms with van der Waals surface area (Å²) in [6.45, 7) is 8.82. The Morgan fingerprint density at radius 3 is 2.21 bits per heavy atom. The molecule has 11 heteroatoms. The van der Waals surface area contributed by atoms with Crippen LogP contribution in [0.2, 0.25) is 10.0 Å². The molecule has 226 valence electrons. The molecule has 0 fully saturated rings. The van der Waals surface area contributed by atoms with E-state index in [0.717, 1.165) is 9.87 Å². The molecule has 3 aromatic rings. The lowest BCUT2D eigenvalue weighted by atomic mass is 10.1. The van der Waals surface area contributed by atoms with Gasteiger partial charge >= 0.3 is 0 Å². The summed E-state index contributed by atoms with van der Waals surface area (Å²) in [6.07, 6.45) is 0.297. The first-order valence-corrected chi connectivity index (χ1v) is 15.9. The molecule has 0 aliphatic heterocycles. The number of nitrogens with one attached hydrogen (secondary N) is 1. The minimum Gasteiger partial charge on any atom is -0.492 e. The van der Waals surface area contributed by atoms with Crippen molar-refractivity contribution in [2.45, 2.75) is 64.6 Å². The minimum absolute atomic E-state index is 0.00523. The Hall–Kier alpha value is -3.27. The number of anilines is 1. The quantitative estimate of drug-likeness (QED) is 0.241. The third-order valence-electron chi connectivity index (χ3n) is 6.48. The number of benzene rings is 3. The van der Waals surface area contributed by atoms with Gasteiger partial charge in [0.05, 0.1) is 27.2 Å². The summed E-state index contributed by atoms with van der Waals surface area (Å²) < 4.78 is 35.0. The van der Waals surface area contributed by atoms with Crippen molar-refractivity contribution in [3.05, 3.63) is 87.9 Å². The first kappa shape index (κ1) is 33.2. The molecule has 0 spiro atoms. The zero-order valence-electron chi connectivity index (χ0n) is 24.4. The molecular weight excluding hydrogens is 597 g/mol. The number of para-hydroxylation sites is 2. The number of carbonyl (C=O) groups excluding carboxylic acids is 2. The average molecular weight is 635 g/mol. The number of sulfonamides is 1. The first-order chi connectivity index (χ1) is 19.9. The fraction of sp³-hybridized carbons (Fsp3) is 0.355. The fourth-order valence-electron chi connectivity index (χ4n) is 4.43. The van der Waals surface area contributed by atoms with Gasteiger partial charge in [0.1, 0.15) is 18.3 Å². The van der Waals surface area contributed by atoms with Crippen molar-refractivity contribution in [3.63, 3.8) is 0 Å². The van der Waals surface area contributed by atoms with Gasteiger partial charge in [-0.1, -0.05) is 66.0 Å². The van der Waals surface area contributed by atoms with Gasteiger partial charge < -0.3 is 15.0 Å². The van der Waals surface area contributed by atoms with E-state index in [1.165, 1.54) is 17.0 Å². The van der Waals surface area contributed by atoms with E-state index < -0.39 is 28.5 Å². The molecule has 0 aliphatic rings. The van der Waals surface area contributed by atoms with Crippen LogP contribution in [-0.4, -0.2) is 50.4 Å². The van der Waals surface area contributed by atoms with Crippen LogP contribution in [0.4, 0.5) is 5.69 Å². The second kappa shape index (κ2) is 14.8. The topological polar surface area (TPSA) is 96.0 Å². The molecule has 0 aliphatic carbocycles. The highest BCUT2D eigenvalue weighted by atomic mass is 35.5. The monoisotopic (exact) mass is 633 g/mol. The van der Waals surface area contributed by atoms with E-state index in [9.17, 15) is 18.0 Å². The van der Waals surface area contributed by atoms with E-state index in [-0.39, 0.29) is 29.1 Å². The third kappa shape index (κ3) is 8.18. The van der Waals surface area contributed by atoms with Gasteiger partial charge in [-0.25, -0.2) is 8.42 Å². The average Bonchev–Trinajstić information content (AvgIpc) is 2.94. The number of carbonyl (C=O) groups is 2. The van der Waals surface area contributed by atoms with Gasteiger partial charge in [-0.05, 0) is 76.1 Å². The summed E-state index contributed by atoms with van der Waals surface area (Å²) in [4.78, 5) is 28.9. The van der Waals surface area contributed by atoms with Crippen molar-refractivity contribution in [3.8, 4) is 5.75 Å². The van der Waals surface area contributed by atoms with E-state index in [4.69, 9.17) is 27.9 Å². The number of aryl methyl sites for hydroxylation is 1. The molecule has 2 amide bonds. The predicted octanol–water partition coefficient (Wildman–Crippen LogP) is 6.23. The fourth-order valence-corrected chi connectivity index (χ4v) is 6.17.